The highest BCUT2D eigenvalue weighted by Crippen LogP contribution is 2.25. The first-order valence-corrected chi connectivity index (χ1v) is 22.3. The fourth-order valence-electron chi connectivity index (χ4n) is 6.84. The van der Waals surface area contributed by atoms with Crippen LogP contribution < -0.4 is 21.3 Å². The number of hydrogen-bond acceptors (Lipinski definition) is 10. The van der Waals surface area contributed by atoms with E-state index in [1.165, 1.54) is 35.8 Å². The summed E-state index contributed by atoms with van der Waals surface area (Å²) in [6.07, 6.45) is 4.18. The molecule has 14 heteroatoms. The van der Waals surface area contributed by atoms with Crippen LogP contribution in [-0.4, -0.2) is 83.6 Å². The molecule has 0 aliphatic carbocycles. The maximum atomic E-state index is 14.1. The molecular weight excluding hydrogens is 797 g/mol. The van der Waals surface area contributed by atoms with E-state index >= 15 is 0 Å². The van der Waals surface area contributed by atoms with Crippen molar-refractivity contribution >= 4 is 67.1 Å². The molecule has 0 aliphatic heterocycles. The molecule has 0 radical (unpaired) electrons. The Labute approximate surface area is 358 Å². The van der Waals surface area contributed by atoms with Gasteiger partial charge in [-0.3, -0.25) is 9.59 Å². The molecule has 0 aliphatic rings. The molecule has 314 valence electrons. The molecule has 0 unspecified atom stereocenters. The van der Waals surface area contributed by atoms with Crippen LogP contribution in [0.2, 0.25) is 0 Å². The second kappa shape index (κ2) is 21.6. The number of nitrogens with one attached hydrogen (secondary N) is 6. The molecule has 2 heterocycles. The van der Waals surface area contributed by atoms with E-state index in [0.717, 1.165) is 55.2 Å². The number of ether oxygens (including phenoxy) is 2. The summed E-state index contributed by atoms with van der Waals surface area (Å²) < 4.78 is 10.3. The number of H-pyrrole nitrogens is 2. The predicted octanol–water partition coefficient (Wildman–Crippen LogP) is 6.07. The fourth-order valence-corrected chi connectivity index (χ4v) is 9.23. The summed E-state index contributed by atoms with van der Waals surface area (Å²) in [5.74, 6) is -1.15. The molecule has 0 saturated carbocycles. The molecule has 0 saturated heterocycles. The van der Waals surface area contributed by atoms with Crippen LogP contribution >= 0.6 is 21.6 Å². The molecule has 2 amide bonds. The Kier molecular flexibility index (Phi) is 15.9. The highest BCUT2D eigenvalue weighted by atomic mass is 33.1. The Balaban J connectivity index is 1.15. The number of benzene rings is 4. The lowest BCUT2D eigenvalue weighted by molar-refractivity contribution is -0.145. The van der Waals surface area contributed by atoms with Gasteiger partial charge < -0.3 is 40.7 Å². The summed E-state index contributed by atoms with van der Waals surface area (Å²) >= 11 is 0. The van der Waals surface area contributed by atoms with E-state index in [9.17, 15) is 19.2 Å². The Hall–Kier alpha value is -5.54. The Morgan fingerprint density at radius 3 is 1.32 bits per heavy atom. The second-order valence-electron chi connectivity index (χ2n) is 14.7. The summed E-state index contributed by atoms with van der Waals surface area (Å²) in [6, 6.07) is 28.5. The molecule has 60 heavy (non-hydrogen) atoms. The van der Waals surface area contributed by atoms with Crippen LogP contribution in [0.1, 0.15) is 33.4 Å². The van der Waals surface area contributed by atoms with Crippen LogP contribution in [-0.2, 0) is 54.6 Å². The molecule has 6 aromatic rings. The quantitative estimate of drug-likeness (QED) is 0.0285. The highest BCUT2D eigenvalue weighted by Gasteiger charge is 2.30. The lowest BCUT2D eigenvalue weighted by atomic mass is 10.0. The highest BCUT2D eigenvalue weighted by molar-refractivity contribution is 8.76. The molecule has 0 bridgehead atoms. The molecular formula is C46H52N6O6S2. The van der Waals surface area contributed by atoms with Gasteiger partial charge in [0.05, 0.1) is 26.3 Å². The third kappa shape index (κ3) is 12.0. The number of fused-ring (bicyclic) bond motifs is 2. The van der Waals surface area contributed by atoms with Crippen molar-refractivity contribution < 1.29 is 28.7 Å². The summed E-state index contributed by atoms with van der Waals surface area (Å²) in [4.78, 5) is 60.7. The number of aryl methyl sites for hydroxylation is 2. The molecule has 6 N–H and O–H groups in total. The molecule has 0 fully saturated rings. The third-order valence-corrected chi connectivity index (χ3v) is 12.8. The first kappa shape index (κ1) is 44.0. The van der Waals surface area contributed by atoms with Crippen molar-refractivity contribution in [2.24, 2.45) is 0 Å². The van der Waals surface area contributed by atoms with Gasteiger partial charge in [0.25, 0.3) is 0 Å². The second-order valence-corrected chi connectivity index (χ2v) is 17.3. The number of amides is 2. The maximum absolute atomic E-state index is 14.1. The van der Waals surface area contributed by atoms with E-state index in [2.05, 4.69) is 31.2 Å². The minimum atomic E-state index is -0.922. The first-order chi connectivity index (χ1) is 29.1. The lowest BCUT2D eigenvalue weighted by Crippen LogP contribution is -2.52. The molecule has 0 spiro atoms. The number of para-hydroxylation sites is 2. The zero-order chi connectivity index (χ0) is 42.4. The van der Waals surface area contributed by atoms with Gasteiger partial charge in [0.2, 0.25) is 11.8 Å². The molecule has 2 aromatic heterocycles. The van der Waals surface area contributed by atoms with Crippen molar-refractivity contribution in [2.75, 3.05) is 25.7 Å². The molecule has 12 nitrogen and oxygen atoms in total. The predicted molar refractivity (Wildman–Crippen MR) is 240 cm³/mol. The van der Waals surface area contributed by atoms with E-state index in [-0.39, 0.29) is 24.7 Å². The zero-order valence-corrected chi connectivity index (χ0v) is 35.8. The Bertz CT molecular complexity index is 2200. The van der Waals surface area contributed by atoms with Gasteiger partial charge >= 0.3 is 11.9 Å². The van der Waals surface area contributed by atoms with Crippen molar-refractivity contribution in [2.45, 2.75) is 63.9 Å². The third-order valence-electron chi connectivity index (χ3n) is 10.3. The molecule has 6 rings (SSSR count). The van der Waals surface area contributed by atoms with Gasteiger partial charge in [0, 0.05) is 71.6 Å². The minimum Gasteiger partial charge on any atom is -0.467 e. The maximum Gasteiger partial charge on any atom is 0.328 e. The van der Waals surface area contributed by atoms with E-state index in [1.54, 1.807) is 0 Å². The minimum absolute atomic E-state index is 0.241. The van der Waals surface area contributed by atoms with Crippen molar-refractivity contribution in [3.05, 3.63) is 143 Å². The van der Waals surface area contributed by atoms with Crippen LogP contribution in [0.4, 0.5) is 0 Å². The monoisotopic (exact) mass is 848 g/mol. The van der Waals surface area contributed by atoms with Gasteiger partial charge in [0.15, 0.2) is 0 Å². The average Bonchev–Trinajstić information content (AvgIpc) is 3.88. The smallest absolute Gasteiger partial charge is 0.328 e. The Morgan fingerprint density at radius 2 is 0.933 bits per heavy atom. The topological polar surface area (TPSA) is 166 Å². The van der Waals surface area contributed by atoms with Gasteiger partial charge in [-0.2, -0.15) is 0 Å². The first-order valence-electron chi connectivity index (χ1n) is 19.8. The van der Waals surface area contributed by atoms with Gasteiger partial charge in [-0.05, 0) is 48.2 Å². The molecule has 4 atom stereocenters. The van der Waals surface area contributed by atoms with Crippen LogP contribution in [0.5, 0.6) is 0 Å². The number of carbonyl (C=O) groups excluding carboxylic acids is 4. The number of aromatic nitrogens is 2. The van der Waals surface area contributed by atoms with Crippen LogP contribution in [0.15, 0.2) is 109 Å². The lowest BCUT2D eigenvalue weighted by Gasteiger charge is -2.23. The summed E-state index contributed by atoms with van der Waals surface area (Å²) in [5.41, 5.74) is 7.90. The fraction of sp³-hybridized carbons (Fsp3) is 0.304. The van der Waals surface area contributed by atoms with Gasteiger partial charge in [-0.1, -0.05) is 118 Å². The van der Waals surface area contributed by atoms with Crippen LogP contribution in [0.25, 0.3) is 21.8 Å². The summed E-state index contributed by atoms with van der Waals surface area (Å²) in [6.45, 7) is 4.88. The largest absolute Gasteiger partial charge is 0.467 e. The van der Waals surface area contributed by atoms with Crippen molar-refractivity contribution in [1.29, 1.82) is 0 Å². The summed E-state index contributed by atoms with van der Waals surface area (Å²) in [7, 11) is 5.49. The number of hydrogen-bond donors (Lipinski definition) is 6. The van der Waals surface area contributed by atoms with E-state index < -0.39 is 36.1 Å². The normalized spacial score (nSPS) is 13.3. The zero-order valence-electron chi connectivity index (χ0n) is 34.2. The Morgan fingerprint density at radius 1 is 0.550 bits per heavy atom. The van der Waals surface area contributed by atoms with E-state index in [1.807, 2.05) is 123 Å². The van der Waals surface area contributed by atoms with Crippen LogP contribution in [0.3, 0.4) is 0 Å². The number of esters is 2. The van der Waals surface area contributed by atoms with Gasteiger partial charge in [0.1, 0.15) is 12.1 Å². The van der Waals surface area contributed by atoms with Gasteiger partial charge in [-0.25, -0.2) is 9.59 Å². The van der Waals surface area contributed by atoms with E-state index in [4.69, 9.17) is 9.47 Å². The number of aromatic amines is 2. The van der Waals surface area contributed by atoms with E-state index in [0.29, 0.717) is 24.6 Å². The SMILES string of the molecule is COC(=O)[C@H](Cc1c[nH]c2ccccc12)NC(=O)[C@@H](CSSC[C@@H](NCc1ccc(C)cc1)C(=O)N[C@@H](Cc1c[nH]c2ccccc12)C(=O)OC)NCc1ccc(C)cc1. The average molecular weight is 849 g/mol. The number of methoxy groups -OCH3 is 2. The standard InChI is InChI=1S/C46H52N6O6S2/c1-29-13-17-31(18-14-29)23-47-41(43(53)51-39(45(55)57-3)21-33-25-49-37-11-7-5-9-35(33)37)27-59-60-28-42(48-24-32-19-15-30(2)16-20-32)44(54)52-40(46(56)58-4)22-34-26-50-38-12-8-6-10-36(34)38/h5-20,25-26,39-42,47-50H,21-24,27-28H2,1-4H3,(H,51,53)(H,52,54)/t39-,40-,41+,42+/m0/s1. The summed E-state index contributed by atoms with van der Waals surface area (Å²) in [5, 5.41) is 14.6. The van der Waals surface area contributed by atoms with Crippen molar-refractivity contribution in [3.8, 4) is 0 Å². The van der Waals surface area contributed by atoms with Crippen molar-refractivity contribution in [3.63, 3.8) is 0 Å². The van der Waals surface area contributed by atoms with Crippen molar-refractivity contribution in [1.82, 2.24) is 31.2 Å². The molecule has 4 aromatic carbocycles. The number of rotatable bonds is 21. The van der Waals surface area contributed by atoms with Crippen LogP contribution in [0, 0.1) is 13.8 Å². The number of carbonyl (C=O) groups is 4. The van der Waals surface area contributed by atoms with Gasteiger partial charge in [-0.15, -0.1) is 0 Å².